The van der Waals surface area contributed by atoms with Crippen LogP contribution in [0.2, 0.25) is 0 Å². The second kappa shape index (κ2) is 4.87. The van der Waals surface area contributed by atoms with Gasteiger partial charge in [0.05, 0.1) is 0 Å². The standard InChI is InChI=1S/C15H17ClFN/c1-15(2)8-11(16)7-13(14(15)9-18)10-3-5-12(17)6-4-10/h3-8,14H,9,18H2,1-2H3. The van der Waals surface area contributed by atoms with Gasteiger partial charge in [-0.05, 0) is 34.8 Å². The SMILES string of the molecule is CC1(C)C=C(Cl)C=C(c2ccc(F)cc2)C1CN. The summed E-state index contributed by atoms with van der Waals surface area (Å²) in [4.78, 5) is 0. The fourth-order valence-electron chi connectivity index (χ4n) is 2.51. The van der Waals surface area contributed by atoms with Crippen LogP contribution in [0.4, 0.5) is 4.39 Å². The van der Waals surface area contributed by atoms with Crippen molar-refractivity contribution < 1.29 is 4.39 Å². The molecule has 0 amide bonds. The predicted octanol–water partition coefficient (Wildman–Crippen LogP) is 3.95. The van der Waals surface area contributed by atoms with Crippen LogP contribution in [0, 0.1) is 17.2 Å². The lowest BCUT2D eigenvalue weighted by molar-refractivity contribution is 0.357. The van der Waals surface area contributed by atoms with E-state index in [-0.39, 0.29) is 17.2 Å². The molecule has 0 saturated carbocycles. The molecule has 0 radical (unpaired) electrons. The van der Waals surface area contributed by atoms with Crippen LogP contribution in [0.1, 0.15) is 19.4 Å². The molecule has 0 bridgehead atoms. The molecule has 3 heteroatoms. The van der Waals surface area contributed by atoms with Crippen LogP contribution in [0.15, 0.2) is 41.4 Å². The third-order valence-electron chi connectivity index (χ3n) is 3.49. The monoisotopic (exact) mass is 265 g/mol. The van der Waals surface area contributed by atoms with Crippen LogP contribution >= 0.6 is 11.6 Å². The van der Waals surface area contributed by atoms with Crippen LogP contribution in [-0.4, -0.2) is 6.54 Å². The smallest absolute Gasteiger partial charge is 0.123 e. The van der Waals surface area contributed by atoms with E-state index in [0.717, 1.165) is 11.1 Å². The zero-order chi connectivity index (χ0) is 13.3. The first-order valence-corrected chi connectivity index (χ1v) is 6.38. The highest BCUT2D eigenvalue weighted by Crippen LogP contribution is 2.43. The van der Waals surface area contributed by atoms with Gasteiger partial charge in [0.25, 0.3) is 0 Å². The minimum atomic E-state index is -0.236. The Morgan fingerprint density at radius 1 is 1.28 bits per heavy atom. The first-order chi connectivity index (χ1) is 8.44. The molecule has 0 fully saturated rings. The quantitative estimate of drug-likeness (QED) is 0.861. The molecule has 2 rings (SSSR count). The number of allylic oxidation sites excluding steroid dienone is 3. The van der Waals surface area contributed by atoms with Gasteiger partial charge in [0.2, 0.25) is 0 Å². The van der Waals surface area contributed by atoms with Crippen LogP contribution in [0.25, 0.3) is 5.57 Å². The van der Waals surface area contributed by atoms with Crippen molar-refractivity contribution in [3.63, 3.8) is 0 Å². The Balaban J connectivity index is 2.47. The van der Waals surface area contributed by atoms with Crippen molar-refractivity contribution in [1.82, 2.24) is 0 Å². The maximum atomic E-state index is 13.0. The average molecular weight is 266 g/mol. The molecule has 1 aromatic rings. The first-order valence-electron chi connectivity index (χ1n) is 6.00. The Morgan fingerprint density at radius 2 is 1.89 bits per heavy atom. The van der Waals surface area contributed by atoms with Gasteiger partial charge in [0, 0.05) is 17.5 Å². The highest BCUT2D eigenvalue weighted by molar-refractivity contribution is 6.32. The molecule has 0 heterocycles. The Labute approximate surface area is 112 Å². The van der Waals surface area contributed by atoms with Crippen molar-refractivity contribution in [1.29, 1.82) is 0 Å². The van der Waals surface area contributed by atoms with E-state index < -0.39 is 0 Å². The van der Waals surface area contributed by atoms with Crippen LogP contribution < -0.4 is 5.73 Å². The molecule has 0 saturated heterocycles. The highest BCUT2D eigenvalue weighted by Gasteiger charge is 2.33. The van der Waals surface area contributed by atoms with E-state index in [1.807, 2.05) is 12.2 Å². The van der Waals surface area contributed by atoms with Crippen molar-refractivity contribution in [2.75, 3.05) is 6.54 Å². The van der Waals surface area contributed by atoms with Crippen LogP contribution in [-0.2, 0) is 0 Å². The fraction of sp³-hybridized carbons (Fsp3) is 0.333. The van der Waals surface area contributed by atoms with Crippen LogP contribution in [0.5, 0.6) is 0 Å². The third kappa shape index (κ3) is 2.50. The second-order valence-corrected chi connectivity index (χ2v) is 5.68. The van der Waals surface area contributed by atoms with E-state index in [1.165, 1.54) is 12.1 Å². The van der Waals surface area contributed by atoms with Gasteiger partial charge in [-0.2, -0.15) is 0 Å². The van der Waals surface area contributed by atoms with Gasteiger partial charge < -0.3 is 5.73 Å². The van der Waals surface area contributed by atoms with E-state index in [0.29, 0.717) is 11.6 Å². The van der Waals surface area contributed by atoms with Crippen molar-refractivity contribution in [3.8, 4) is 0 Å². The molecule has 1 unspecified atom stereocenters. The molecule has 0 spiro atoms. The van der Waals surface area contributed by atoms with E-state index in [4.69, 9.17) is 17.3 Å². The summed E-state index contributed by atoms with van der Waals surface area (Å²) in [7, 11) is 0. The van der Waals surface area contributed by atoms with Gasteiger partial charge in [-0.3, -0.25) is 0 Å². The van der Waals surface area contributed by atoms with Crippen molar-refractivity contribution >= 4 is 17.2 Å². The maximum Gasteiger partial charge on any atom is 0.123 e. The molecule has 2 N–H and O–H groups in total. The van der Waals surface area contributed by atoms with Crippen molar-refractivity contribution in [3.05, 3.63) is 52.8 Å². The Kier molecular flexibility index (Phi) is 3.60. The minimum absolute atomic E-state index is 0.0930. The summed E-state index contributed by atoms with van der Waals surface area (Å²) in [6, 6.07) is 6.47. The van der Waals surface area contributed by atoms with E-state index in [1.54, 1.807) is 12.1 Å². The predicted molar refractivity (Wildman–Crippen MR) is 74.6 cm³/mol. The zero-order valence-corrected chi connectivity index (χ0v) is 11.3. The summed E-state index contributed by atoms with van der Waals surface area (Å²) in [5, 5.41) is 0.712. The Bertz CT molecular complexity index is 500. The van der Waals surface area contributed by atoms with Crippen LogP contribution in [0.3, 0.4) is 0 Å². The number of benzene rings is 1. The average Bonchev–Trinajstić information content (AvgIpc) is 2.27. The summed E-state index contributed by atoms with van der Waals surface area (Å²) >= 11 is 6.17. The lowest BCUT2D eigenvalue weighted by Gasteiger charge is -2.36. The van der Waals surface area contributed by atoms with E-state index in [2.05, 4.69) is 13.8 Å². The molecule has 1 nitrogen and oxygen atoms in total. The van der Waals surface area contributed by atoms with Gasteiger partial charge in [0.15, 0.2) is 0 Å². The molecule has 1 aliphatic rings. The summed E-state index contributed by atoms with van der Waals surface area (Å²) < 4.78 is 13.0. The van der Waals surface area contributed by atoms with Gasteiger partial charge in [0.1, 0.15) is 5.82 Å². The summed E-state index contributed by atoms with van der Waals surface area (Å²) in [5.74, 6) is -0.0502. The summed E-state index contributed by atoms with van der Waals surface area (Å²) in [5.41, 5.74) is 7.86. The first kappa shape index (κ1) is 13.3. The molecule has 1 atom stereocenters. The van der Waals surface area contributed by atoms with Gasteiger partial charge in [-0.15, -0.1) is 0 Å². The van der Waals surface area contributed by atoms with Crippen molar-refractivity contribution in [2.45, 2.75) is 13.8 Å². The maximum absolute atomic E-state index is 13.0. The molecule has 0 aromatic heterocycles. The molecule has 96 valence electrons. The third-order valence-corrected chi connectivity index (χ3v) is 3.71. The molecular formula is C15H17ClFN. The highest BCUT2D eigenvalue weighted by atomic mass is 35.5. The molecule has 1 aromatic carbocycles. The molecule has 1 aliphatic carbocycles. The van der Waals surface area contributed by atoms with Gasteiger partial charge >= 0.3 is 0 Å². The Morgan fingerprint density at radius 3 is 2.44 bits per heavy atom. The largest absolute Gasteiger partial charge is 0.330 e. The summed E-state index contributed by atoms with van der Waals surface area (Å²) in [6.45, 7) is 4.77. The number of halogens is 2. The number of nitrogens with two attached hydrogens (primary N) is 1. The van der Waals surface area contributed by atoms with Crippen molar-refractivity contribution in [2.24, 2.45) is 17.1 Å². The van der Waals surface area contributed by atoms with E-state index in [9.17, 15) is 4.39 Å². The minimum Gasteiger partial charge on any atom is -0.330 e. The number of hydrogen-bond donors (Lipinski definition) is 1. The van der Waals surface area contributed by atoms with E-state index >= 15 is 0 Å². The normalized spacial score (nSPS) is 22.4. The number of rotatable bonds is 2. The van der Waals surface area contributed by atoms with Gasteiger partial charge in [-0.1, -0.05) is 43.7 Å². The Hall–Kier alpha value is -1.12. The molecule has 18 heavy (non-hydrogen) atoms. The topological polar surface area (TPSA) is 26.0 Å². The summed E-state index contributed by atoms with van der Waals surface area (Å²) in [6.07, 6.45) is 3.96. The lowest BCUT2D eigenvalue weighted by Crippen LogP contribution is -2.32. The van der Waals surface area contributed by atoms with Gasteiger partial charge in [-0.25, -0.2) is 4.39 Å². The number of hydrogen-bond acceptors (Lipinski definition) is 1. The molecular weight excluding hydrogens is 249 g/mol. The molecule has 0 aliphatic heterocycles. The fourth-order valence-corrected chi connectivity index (χ4v) is 2.90. The lowest BCUT2D eigenvalue weighted by atomic mass is 9.70. The zero-order valence-electron chi connectivity index (χ0n) is 10.6. The second-order valence-electron chi connectivity index (χ2n) is 5.25.